The molecule has 0 atom stereocenters. The van der Waals surface area contributed by atoms with E-state index in [4.69, 9.17) is 9.47 Å². The van der Waals surface area contributed by atoms with Crippen LogP contribution in [0, 0.1) is 0 Å². The van der Waals surface area contributed by atoms with E-state index in [2.05, 4.69) is 9.97 Å². The van der Waals surface area contributed by atoms with Crippen LogP contribution in [-0.2, 0) is 4.74 Å². The molecule has 0 unspecified atom stereocenters. The Morgan fingerprint density at radius 1 is 1.47 bits per heavy atom. The number of ether oxygens (including phenoxy) is 2. The molecule has 5 heteroatoms. The average Bonchev–Trinajstić information content (AvgIpc) is 3.07. The van der Waals surface area contributed by atoms with Gasteiger partial charge in [-0.25, -0.2) is 0 Å². The Hall–Kier alpha value is -1.36. The first-order valence-corrected chi connectivity index (χ1v) is 6.01. The van der Waals surface area contributed by atoms with Crippen molar-refractivity contribution < 1.29 is 9.47 Å². The molecule has 17 heavy (non-hydrogen) atoms. The van der Waals surface area contributed by atoms with Crippen LogP contribution in [0.3, 0.4) is 0 Å². The predicted octanol–water partition coefficient (Wildman–Crippen LogP) is 1.45. The molecular weight excluding hydrogens is 220 g/mol. The maximum absolute atomic E-state index is 11.4. The number of rotatable bonds is 6. The lowest BCUT2D eigenvalue weighted by Crippen LogP contribution is -2.15. The fraction of sp³-hybridized carbons (Fsp3) is 0.667. The first-order chi connectivity index (χ1) is 8.15. The number of H-pyrrole nitrogens is 1. The molecule has 1 aliphatic rings. The summed E-state index contributed by atoms with van der Waals surface area (Å²) in [6, 6.07) is 1.38. The van der Waals surface area contributed by atoms with Crippen LogP contribution >= 0.6 is 0 Å². The highest BCUT2D eigenvalue weighted by atomic mass is 16.5. The van der Waals surface area contributed by atoms with Crippen molar-refractivity contribution in [3.05, 3.63) is 22.2 Å². The molecule has 0 radical (unpaired) electrons. The van der Waals surface area contributed by atoms with Gasteiger partial charge in [-0.05, 0) is 26.7 Å². The van der Waals surface area contributed by atoms with Gasteiger partial charge in [-0.15, -0.1) is 0 Å². The molecule has 1 aliphatic carbocycles. The summed E-state index contributed by atoms with van der Waals surface area (Å²) in [4.78, 5) is 18.4. The highest BCUT2D eigenvalue weighted by Gasteiger charge is 2.26. The second-order valence-electron chi connectivity index (χ2n) is 4.51. The van der Waals surface area contributed by atoms with Gasteiger partial charge in [-0.2, -0.15) is 4.98 Å². The molecule has 0 amide bonds. The molecule has 0 spiro atoms. The summed E-state index contributed by atoms with van der Waals surface area (Å²) < 4.78 is 10.7. The van der Waals surface area contributed by atoms with Crippen LogP contribution in [0.25, 0.3) is 0 Å². The van der Waals surface area contributed by atoms with Gasteiger partial charge in [0.1, 0.15) is 12.4 Å². The second-order valence-corrected chi connectivity index (χ2v) is 4.51. The lowest BCUT2D eigenvalue weighted by Gasteiger charge is -2.09. The van der Waals surface area contributed by atoms with Crippen LogP contribution < -0.4 is 10.3 Å². The Balaban J connectivity index is 1.89. The Labute approximate surface area is 100 Å². The summed E-state index contributed by atoms with van der Waals surface area (Å²) in [6.07, 6.45) is 2.39. The van der Waals surface area contributed by atoms with Crippen molar-refractivity contribution in [2.24, 2.45) is 0 Å². The van der Waals surface area contributed by atoms with Crippen LogP contribution in [0.15, 0.2) is 10.9 Å². The SMILES string of the molecule is CC(C)OCCOc1cc(=O)[nH]c(C2CC2)n1. The smallest absolute Gasteiger partial charge is 0.254 e. The highest BCUT2D eigenvalue weighted by Crippen LogP contribution is 2.37. The molecule has 0 bridgehead atoms. The van der Waals surface area contributed by atoms with Crippen LogP contribution in [-0.4, -0.2) is 29.3 Å². The summed E-state index contributed by atoms with van der Waals surface area (Å²) in [6.45, 7) is 4.86. The van der Waals surface area contributed by atoms with E-state index in [0.717, 1.165) is 18.7 Å². The maximum Gasteiger partial charge on any atom is 0.254 e. The van der Waals surface area contributed by atoms with Gasteiger partial charge in [0.05, 0.1) is 18.8 Å². The maximum atomic E-state index is 11.4. The summed E-state index contributed by atoms with van der Waals surface area (Å²) in [5.41, 5.74) is -0.151. The van der Waals surface area contributed by atoms with Crippen molar-refractivity contribution in [1.29, 1.82) is 0 Å². The van der Waals surface area contributed by atoms with Gasteiger partial charge >= 0.3 is 0 Å². The zero-order chi connectivity index (χ0) is 12.3. The summed E-state index contributed by atoms with van der Waals surface area (Å²) in [7, 11) is 0. The van der Waals surface area contributed by atoms with E-state index in [1.54, 1.807) is 0 Å². The van der Waals surface area contributed by atoms with E-state index in [1.165, 1.54) is 6.07 Å². The zero-order valence-corrected chi connectivity index (χ0v) is 10.2. The number of hydrogen-bond donors (Lipinski definition) is 1. The molecule has 0 saturated heterocycles. The minimum Gasteiger partial charge on any atom is -0.475 e. The van der Waals surface area contributed by atoms with Crippen LogP contribution in [0.1, 0.15) is 38.4 Å². The van der Waals surface area contributed by atoms with Crippen molar-refractivity contribution in [2.45, 2.75) is 38.7 Å². The number of hydrogen-bond acceptors (Lipinski definition) is 4. The van der Waals surface area contributed by atoms with Gasteiger partial charge in [-0.3, -0.25) is 4.79 Å². The van der Waals surface area contributed by atoms with Crippen molar-refractivity contribution in [2.75, 3.05) is 13.2 Å². The van der Waals surface area contributed by atoms with E-state index < -0.39 is 0 Å². The molecule has 5 nitrogen and oxygen atoms in total. The third kappa shape index (κ3) is 3.85. The van der Waals surface area contributed by atoms with Gasteiger partial charge in [0.2, 0.25) is 5.88 Å². The van der Waals surface area contributed by atoms with Crippen molar-refractivity contribution in [3.8, 4) is 5.88 Å². The Bertz CT molecular complexity index is 424. The quantitative estimate of drug-likeness (QED) is 0.762. The molecular formula is C12H18N2O3. The van der Waals surface area contributed by atoms with Crippen molar-refractivity contribution in [3.63, 3.8) is 0 Å². The topological polar surface area (TPSA) is 64.2 Å². The van der Waals surface area contributed by atoms with E-state index in [9.17, 15) is 4.79 Å². The lowest BCUT2D eigenvalue weighted by molar-refractivity contribution is 0.0541. The van der Waals surface area contributed by atoms with E-state index in [-0.39, 0.29) is 11.7 Å². The molecule has 1 aromatic heterocycles. The van der Waals surface area contributed by atoms with E-state index in [0.29, 0.717) is 25.0 Å². The van der Waals surface area contributed by atoms with Crippen molar-refractivity contribution >= 4 is 0 Å². The lowest BCUT2D eigenvalue weighted by atomic mass is 10.4. The van der Waals surface area contributed by atoms with Crippen LogP contribution in [0.4, 0.5) is 0 Å². The summed E-state index contributed by atoms with van der Waals surface area (Å²) in [5.74, 6) is 1.55. The second kappa shape index (κ2) is 5.31. The molecule has 1 fully saturated rings. The highest BCUT2D eigenvalue weighted by molar-refractivity contribution is 5.13. The minimum absolute atomic E-state index is 0.151. The van der Waals surface area contributed by atoms with Crippen LogP contribution in [0.2, 0.25) is 0 Å². The third-order valence-corrected chi connectivity index (χ3v) is 2.48. The molecule has 2 rings (SSSR count). The first kappa shape index (κ1) is 12.1. The number of nitrogens with zero attached hydrogens (tertiary/aromatic N) is 1. The fourth-order valence-electron chi connectivity index (χ4n) is 1.51. The van der Waals surface area contributed by atoms with E-state index >= 15 is 0 Å². The molecule has 0 aromatic carbocycles. The molecule has 94 valence electrons. The summed E-state index contributed by atoms with van der Waals surface area (Å²) >= 11 is 0. The first-order valence-electron chi connectivity index (χ1n) is 6.01. The number of aromatic nitrogens is 2. The van der Waals surface area contributed by atoms with Gasteiger partial charge in [0, 0.05) is 5.92 Å². The molecule has 1 saturated carbocycles. The third-order valence-electron chi connectivity index (χ3n) is 2.48. The standard InChI is InChI=1S/C12H18N2O3/c1-8(2)16-5-6-17-11-7-10(15)13-12(14-11)9-3-4-9/h7-9H,3-6H2,1-2H3,(H,13,14,15). The normalized spacial score (nSPS) is 15.2. The largest absolute Gasteiger partial charge is 0.475 e. The zero-order valence-electron chi connectivity index (χ0n) is 10.2. The monoisotopic (exact) mass is 238 g/mol. The minimum atomic E-state index is -0.151. The van der Waals surface area contributed by atoms with Gasteiger partial charge in [0.15, 0.2) is 0 Å². The number of aromatic amines is 1. The Kier molecular flexibility index (Phi) is 3.78. The van der Waals surface area contributed by atoms with Gasteiger partial charge in [-0.1, -0.05) is 0 Å². The number of nitrogens with one attached hydrogen (secondary N) is 1. The Morgan fingerprint density at radius 2 is 2.24 bits per heavy atom. The molecule has 1 N–H and O–H groups in total. The molecule has 0 aliphatic heterocycles. The fourth-order valence-corrected chi connectivity index (χ4v) is 1.51. The van der Waals surface area contributed by atoms with Crippen LogP contribution in [0.5, 0.6) is 5.88 Å². The molecule has 1 aromatic rings. The van der Waals surface area contributed by atoms with E-state index in [1.807, 2.05) is 13.8 Å². The predicted molar refractivity (Wildman–Crippen MR) is 63.4 cm³/mol. The van der Waals surface area contributed by atoms with Gasteiger partial charge in [0.25, 0.3) is 5.56 Å². The van der Waals surface area contributed by atoms with Crippen molar-refractivity contribution in [1.82, 2.24) is 9.97 Å². The Morgan fingerprint density at radius 3 is 2.88 bits per heavy atom. The van der Waals surface area contributed by atoms with Gasteiger partial charge < -0.3 is 14.5 Å². The average molecular weight is 238 g/mol. The molecule has 1 heterocycles. The summed E-state index contributed by atoms with van der Waals surface area (Å²) in [5, 5.41) is 0.